The zero-order valence-electron chi connectivity index (χ0n) is 14.7. The van der Waals surface area contributed by atoms with Crippen molar-refractivity contribution in [2.24, 2.45) is 5.73 Å². The summed E-state index contributed by atoms with van der Waals surface area (Å²) in [5.74, 6) is -0.762. The number of halogens is 1. The summed E-state index contributed by atoms with van der Waals surface area (Å²) in [6.45, 7) is 1.93. The van der Waals surface area contributed by atoms with Gasteiger partial charge < -0.3 is 15.2 Å². The molecule has 6 nitrogen and oxygen atoms in total. The quantitative estimate of drug-likeness (QED) is 0.639. The van der Waals surface area contributed by atoms with E-state index in [4.69, 9.17) is 21.9 Å². The fourth-order valence-corrected chi connectivity index (χ4v) is 5.50. The molecule has 2 aromatic carbocycles. The van der Waals surface area contributed by atoms with Crippen LogP contribution in [0.3, 0.4) is 0 Å². The molecule has 3 aromatic rings. The standard InChI is InChI=1S/C19H17ClN3O3P/c1-3-11-6-12(10-21)8-14(7-11)27(25,26-2)18-15-9-13(20)4-5-16(15)23-17(18)19(22)24/h4-9,23H,3H2,1-2H3,(H2,22,24). The molecule has 1 unspecified atom stereocenters. The van der Waals surface area contributed by atoms with Crippen LogP contribution in [-0.2, 0) is 15.5 Å². The van der Waals surface area contributed by atoms with E-state index in [-0.39, 0.29) is 11.0 Å². The van der Waals surface area contributed by atoms with Gasteiger partial charge in [-0.2, -0.15) is 5.26 Å². The van der Waals surface area contributed by atoms with Crippen molar-refractivity contribution in [3.63, 3.8) is 0 Å². The van der Waals surface area contributed by atoms with E-state index in [1.54, 1.807) is 30.3 Å². The maximum Gasteiger partial charge on any atom is 0.266 e. The first-order chi connectivity index (χ1) is 12.8. The van der Waals surface area contributed by atoms with Gasteiger partial charge in [-0.1, -0.05) is 18.5 Å². The van der Waals surface area contributed by atoms with Crippen molar-refractivity contribution >= 4 is 46.4 Å². The summed E-state index contributed by atoms with van der Waals surface area (Å²) >= 11 is 6.11. The third-order valence-corrected chi connectivity index (χ3v) is 7.13. The predicted molar refractivity (Wildman–Crippen MR) is 106 cm³/mol. The van der Waals surface area contributed by atoms with Crippen LogP contribution in [0.1, 0.15) is 28.5 Å². The summed E-state index contributed by atoms with van der Waals surface area (Å²) in [4.78, 5) is 15.0. The fourth-order valence-electron chi connectivity index (χ4n) is 3.07. The lowest BCUT2D eigenvalue weighted by Gasteiger charge is -2.18. The van der Waals surface area contributed by atoms with Crippen molar-refractivity contribution in [3.05, 3.63) is 58.2 Å². The third kappa shape index (κ3) is 3.26. The molecule has 3 rings (SSSR count). The van der Waals surface area contributed by atoms with Gasteiger partial charge in [-0.15, -0.1) is 0 Å². The number of fused-ring (bicyclic) bond motifs is 1. The van der Waals surface area contributed by atoms with Gasteiger partial charge in [-0.25, -0.2) is 0 Å². The number of primary amides is 1. The minimum absolute atomic E-state index is 0.00198. The zero-order chi connectivity index (χ0) is 19.8. The Morgan fingerprint density at radius 3 is 2.67 bits per heavy atom. The number of amides is 1. The molecule has 0 saturated heterocycles. The number of aromatic nitrogens is 1. The van der Waals surface area contributed by atoms with Gasteiger partial charge in [0, 0.05) is 28.3 Å². The second-order valence-electron chi connectivity index (χ2n) is 5.99. The number of nitriles is 1. The van der Waals surface area contributed by atoms with Gasteiger partial charge in [0.05, 0.1) is 16.9 Å². The Labute approximate surface area is 161 Å². The molecule has 0 spiro atoms. The van der Waals surface area contributed by atoms with Crippen LogP contribution in [0.2, 0.25) is 5.02 Å². The van der Waals surface area contributed by atoms with Crippen LogP contribution in [-0.4, -0.2) is 18.0 Å². The van der Waals surface area contributed by atoms with Crippen LogP contribution in [0.4, 0.5) is 0 Å². The molecule has 0 radical (unpaired) electrons. The molecule has 8 heteroatoms. The van der Waals surface area contributed by atoms with Crippen molar-refractivity contribution in [2.45, 2.75) is 13.3 Å². The van der Waals surface area contributed by atoms with Crippen molar-refractivity contribution in [1.82, 2.24) is 4.98 Å². The van der Waals surface area contributed by atoms with Crippen LogP contribution in [0.5, 0.6) is 0 Å². The summed E-state index contributed by atoms with van der Waals surface area (Å²) in [5, 5.41) is 10.7. The van der Waals surface area contributed by atoms with E-state index in [1.807, 2.05) is 6.92 Å². The number of aryl methyl sites for hydroxylation is 1. The van der Waals surface area contributed by atoms with E-state index in [0.717, 1.165) is 5.56 Å². The SMILES string of the molecule is CCc1cc(C#N)cc(P(=O)(OC)c2c(C(N)=O)[nH]c3ccc(Cl)cc23)c1. The summed E-state index contributed by atoms with van der Waals surface area (Å²) in [7, 11) is -2.43. The van der Waals surface area contributed by atoms with Gasteiger partial charge in [0.25, 0.3) is 13.3 Å². The first-order valence-corrected chi connectivity index (χ1v) is 10.2. The van der Waals surface area contributed by atoms with Crippen LogP contribution >= 0.6 is 19.0 Å². The molecular formula is C19H17ClN3O3P. The first kappa shape index (κ1) is 19.2. The number of rotatable bonds is 5. The molecule has 1 aromatic heterocycles. The molecule has 0 bridgehead atoms. The lowest BCUT2D eigenvalue weighted by atomic mass is 10.1. The van der Waals surface area contributed by atoms with Crippen LogP contribution in [0.25, 0.3) is 10.9 Å². The van der Waals surface area contributed by atoms with Crippen molar-refractivity contribution in [1.29, 1.82) is 5.26 Å². The highest BCUT2D eigenvalue weighted by Gasteiger charge is 2.36. The largest absolute Gasteiger partial charge is 0.364 e. The van der Waals surface area contributed by atoms with Crippen LogP contribution in [0.15, 0.2) is 36.4 Å². The molecule has 0 fully saturated rings. The molecule has 0 saturated carbocycles. The van der Waals surface area contributed by atoms with E-state index in [1.165, 1.54) is 13.2 Å². The molecule has 138 valence electrons. The molecule has 0 aliphatic carbocycles. The smallest absolute Gasteiger partial charge is 0.266 e. The summed E-state index contributed by atoms with van der Waals surface area (Å²) < 4.78 is 19.5. The van der Waals surface area contributed by atoms with Crippen molar-refractivity contribution in [2.75, 3.05) is 7.11 Å². The number of aromatic amines is 1. The van der Waals surface area contributed by atoms with Crippen molar-refractivity contribution < 1.29 is 13.9 Å². The number of nitrogens with one attached hydrogen (secondary N) is 1. The van der Waals surface area contributed by atoms with Crippen molar-refractivity contribution in [3.8, 4) is 6.07 Å². The Bertz CT molecular complexity index is 1150. The number of nitrogens with zero attached hydrogens (tertiary/aromatic N) is 1. The number of hydrogen-bond donors (Lipinski definition) is 2. The Kier molecular flexibility index (Phi) is 5.12. The molecule has 1 amide bonds. The Balaban J connectivity index is 2.41. The highest BCUT2D eigenvalue weighted by molar-refractivity contribution is 7.75. The van der Waals surface area contributed by atoms with Gasteiger partial charge in [-0.3, -0.25) is 9.36 Å². The second-order valence-corrected chi connectivity index (χ2v) is 8.86. The van der Waals surface area contributed by atoms with E-state index < -0.39 is 13.3 Å². The number of carbonyl (C=O) groups is 1. The predicted octanol–water partition coefficient (Wildman–Crippen LogP) is 3.23. The highest BCUT2D eigenvalue weighted by Crippen LogP contribution is 2.47. The molecule has 0 aliphatic heterocycles. The van der Waals surface area contributed by atoms with Gasteiger partial charge in [0.15, 0.2) is 0 Å². The normalized spacial score (nSPS) is 13.3. The van der Waals surface area contributed by atoms with Gasteiger partial charge in [0.1, 0.15) is 5.69 Å². The number of nitrogens with two attached hydrogens (primary N) is 1. The summed E-state index contributed by atoms with van der Waals surface area (Å²) in [6.07, 6.45) is 0.647. The molecule has 27 heavy (non-hydrogen) atoms. The lowest BCUT2D eigenvalue weighted by Crippen LogP contribution is -2.26. The molecular weight excluding hydrogens is 385 g/mol. The minimum atomic E-state index is -3.74. The number of hydrogen-bond acceptors (Lipinski definition) is 4. The topological polar surface area (TPSA) is 109 Å². The number of H-pyrrole nitrogens is 1. The van der Waals surface area contributed by atoms with Gasteiger partial charge in [-0.05, 0) is 48.4 Å². The van der Waals surface area contributed by atoms with Crippen LogP contribution in [0, 0.1) is 11.3 Å². The molecule has 1 atom stereocenters. The second kappa shape index (κ2) is 7.21. The molecule has 3 N–H and O–H groups in total. The maximum absolute atomic E-state index is 14.0. The van der Waals surface area contributed by atoms with E-state index >= 15 is 0 Å². The van der Waals surface area contributed by atoms with Crippen LogP contribution < -0.4 is 16.3 Å². The monoisotopic (exact) mass is 401 g/mol. The van der Waals surface area contributed by atoms with E-state index in [2.05, 4.69) is 11.1 Å². The van der Waals surface area contributed by atoms with Gasteiger partial charge in [0.2, 0.25) is 0 Å². The summed E-state index contributed by atoms with van der Waals surface area (Å²) in [5.41, 5.74) is 7.28. The Morgan fingerprint density at radius 2 is 2.07 bits per heavy atom. The van der Waals surface area contributed by atoms with E-state index in [9.17, 15) is 14.6 Å². The number of carbonyl (C=O) groups excluding carboxylic acids is 1. The summed E-state index contributed by atoms with van der Waals surface area (Å²) in [6, 6.07) is 12.0. The molecule has 1 heterocycles. The van der Waals surface area contributed by atoms with E-state index in [0.29, 0.717) is 33.2 Å². The molecule has 0 aliphatic rings. The highest BCUT2D eigenvalue weighted by atomic mass is 35.5. The first-order valence-electron chi connectivity index (χ1n) is 8.16. The third-order valence-electron chi connectivity index (χ3n) is 4.39. The minimum Gasteiger partial charge on any atom is -0.364 e. The average molecular weight is 402 g/mol. The lowest BCUT2D eigenvalue weighted by molar-refractivity contribution is 0.0997. The Morgan fingerprint density at radius 1 is 1.33 bits per heavy atom. The maximum atomic E-state index is 14.0. The fraction of sp³-hybridized carbons (Fsp3) is 0.158. The zero-order valence-corrected chi connectivity index (χ0v) is 16.4. The van der Waals surface area contributed by atoms with Gasteiger partial charge >= 0.3 is 0 Å². The average Bonchev–Trinajstić information content (AvgIpc) is 3.06. The number of benzene rings is 2. The Hall–Kier alpha value is -2.58.